The molecule has 1 aromatic carbocycles. The zero-order valence-corrected chi connectivity index (χ0v) is 12.6. The van der Waals surface area contributed by atoms with Crippen molar-refractivity contribution in [2.45, 2.75) is 31.8 Å². The maximum Gasteiger partial charge on any atom is 0.323 e. The molecule has 5 heteroatoms. The van der Waals surface area contributed by atoms with Gasteiger partial charge in [0.1, 0.15) is 11.8 Å². The van der Waals surface area contributed by atoms with E-state index in [1.807, 2.05) is 24.3 Å². The number of hydrogen-bond donors (Lipinski definition) is 1. The standard InChI is InChI=1S/C16H24N2O3/c1-20-16(19)14-7-4-9-18(14)10-5-11-21-15-8-3-2-6-13(15)12-17/h2-3,6,8,14H,4-5,7,9-12,17H2,1H3. The molecule has 1 unspecified atom stereocenters. The number of carbonyl (C=O) groups is 1. The van der Waals surface area contributed by atoms with Gasteiger partial charge in [0.05, 0.1) is 13.7 Å². The Morgan fingerprint density at radius 3 is 3.00 bits per heavy atom. The van der Waals surface area contributed by atoms with Crippen LogP contribution in [-0.4, -0.2) is 43.7 Å². The lowest BCUT2D eigenvalue weighted by atomic mass is 10.2. The molecule has 2 N–H and O–H groups in total. The third-order valence-electron chi connectivity index (χ3n) is 3.88. The van der Waals surface area contributed by atoms with Crippen LogP contribution in [0.25, 0.3) is 0 Å². The van der Waals surface area contributed by atoms with E-state index in [2.05, 4.69) is 4.90 Å². The zero-order valence-electron chi connectivity index (χ0n) is 12.6. The Bertz CT molecular complexity index is 465. The molecule has 0 radical (unpaired) electrons. The largest absolute Gasteiger partial charge is 0.493 e. The summed E-state index contributed by atoms with van der Waals surface area (Å²) in [6.07, 6.45) is 2.83. The van der Waals surface area contributed by atoms with Crippen LogP contribution in [-0.2, 0) is 16.1 Å². The number of nitrogens with two attached hydrogens (primary N) is 1. The lowest BCUT2D eigenvalue weighted by molar-refractivity contribution is -0.145. The highest BCUT2D eigenvalue weighted by atomic mass is 16.5. The number of ether oxygens (including phenoxy) is 2. The molecule has 0 bridgehead atoms. The van der Waals surface area contributed by atoms with Gasteiger partial charge in [0.2, 0.25) is 0 Å². The van der Waals surface area contributed by atoms with Crippen LogP contribution in [0.5, 0.6) is 5.75 Å². The molecular weight excluding hydrogens is 268 g/mol. The zero-order chi connectivity index (χ0) is 15.1. The minimum absolute atomic E-state index is 0.0775. The number of hydrogen-bond acceptors (Lipinski definition) is 5. The van der Waals surface area contributed by atoms with Gasteiger partial charge in [-0.3, -0.25) is 9.69 Å². The normalized spacial score (nSPS) is 18.7. The Balaban J connectivity index is 1.75. The summed E-state index contributed by atoms with van der Waals surface area (Å²) in [5, 5.41) is 0. The first kappa shape index (κ1) is 15.8. The molecule has 1 atom stereocenters. The van der Waals surface area contributed by atoms with Gasteiger partial charge in [-0.15, -0.1) is 0 Å². The fourth-order valence-corrected chi connectivity index (χ4v) is 2.76. The van der Waals surface area contributed by atoms with Gasteiger partial charge in [-0.05, 0) is 31.9 Å². The first-order chi connectivity index (χ1) is 10.3. The van der Waals surface area contributed by atoms with Crippen LogP contribution in [0, 0.1) is 0 Å². The van der Waals surface area contributed by atoms with Crippen molar-refractivity contribution >= 4 is 5.97 Å². The fraction of sp³-hybridized carbons (Fsp3) is 0.562. The van der Waals surface area contributed by atoms with E-state index in [-0.39, 0.29) is 12.0 Å². The predicted molar refractivity (Wildman–Crippen MR) is 81.1 cm³/mol. The van der Waals surface area contributed by atoms with Gasteiger partial charge in [-0.1, -0.05) is 18.2 Å². The first-order valence-corrected chi connectivity index (χ1v) is 7.49. The molecular formula is C16H24N2O3. The van der Waals surface area contributed by atoms with Crippen molar-refractivity contribution in [1.29, 1.82) is 0 Å². The number of likely N-dealkylation sites (tertiary alicyclic amines) is 1. The SMILES string of the molecule is COC(=O)C1CCCN1CCCOc1ccccc1CN. The van der Waals surface area contributed by atoms with E-state index in [1.54, 1.807) is 0 Å². The van der Waals surface area contributed by atoms with Crippen molar-refractivity contribution in [3.63, 3.8) is 0 Å². The number of methoxy groups -OCH3 is 1. The van der Waals surface area contributed by atoms with E-state index >= 15 is 0 Å². The summed E-state index contributed by atoms with van der Waals surface area (Å²) in [5.41, 5.74) is 6.70. The summed E-state index contributed by atoms with van der Waals surface area (Å²) >= 11 is 0. The Morgan fingerprint density at radius 2 is 2.24 bits per heavy atom. The molecule has 1 saturated heterocycles. The highest BCUT2D eigenvalue weighted by Gasteiger charge is 2.30. The monoisotopic (exact) mass is 292 g/mol. The lowest BCUT2D eigenvalue weighted by Gasteiger charge is -2.22. The molecule has 1 aliphatic rings. The van der Waals surface area contributed by atoms with Gasteiger partial charge in [0, 0.05) is 18.7 Å². The maximum absolute atomic E-state index is 11.7. The quantitative estimate of drug-likeness (QED) is 0.610. The minimum atomic E-state index is -0.123. The molecule has 116 valence electrons. The number of para-hydroxylation sites is 1. The van der Waals surface area contributed by atoms with Gasteiger partial charge >= 0.3 is 5.97 Å². The highest BCUT2D eigenvalue weighted by Crippen LogP contribution is 2.20. The van der Waals surface area contributed by atoms with Gasteiger partial charge < -0.3 is 15.2 Å². The van der Waals surface area contributed by atoms with Crippen molar-refractivity contribution in [3.8, 4) is 5.75 Å². The number of rotatable bonds is 7. The predicted octanol–water partition coefficient (Wildman–Crippen LogP) is 1.55. The summed E-state index contributed by atoms with van der Waals surface area (Å²) in [5.74, 6) is 0.729. The average molecular weight is 292 g/mol. The van der Waals surface area contributed by atoms with E-state index in [0.29, 0.717) is 13.2 Å². The second kappa shape index (κ2) is 8.00. The van der Waals surface area contributed by atoms with Crippen molar-refractivity contribution < 1.29 is 14.3 Å². The van der Waals surface area contributed by atoms with E-state index in [4.69, 9.17) is 15.2 Å². The van der Waals surface area contributed by atoms with Gasteiger partial charge in [0.15, 0.2) is 0 Å². The number of esters is 1. The van der Waals surface area contributed by atoms with Crippen LogP contribution < -0.4 is 10.5 Å². The van der Waals surface area contributed by atoms with Gasteiger partial charge in [0.25, 0.3) is 0 Å². The van der Waals surface area contributed by atoms with Crippen LogP contribution in [0.4, 0.5) is 0 Å². The molecule has 5 nitrogen and oxygen atoms in total. The molecule has 2 rings (SSSR count). The Morgan fingerprint density at radius 1 is 1.43 bits per heavy atom. The van der Waals surface area contributed by atoms with E-state index < -0.39 is 0 Å². The van der Waals surface area contributed by atoms with Crippen LogP contribution in [0.3, 0.4) is 0 Å². The molecule has 1 aromatic rings. The molecule has 0 saturated carbocycles. The van der Waals surface area contributed by atoms with E-state index in [0.717, 1.165) is 43.7 Å². The highest BCUT2D eigenvalue weighted by molar-refractivity contribution is 5.75. The molecule has 0 aromatic heterocycles. The molecule has 0 spiro atoms. The Labute approximate surface area is 126 Å². The van der Waals surface area contributed by atoms with E-state index in [1.165, 1.54) is 7.11 Å². The molecule has 1 heterocycles. The van der Waals surface area contributed by atoms with Crippen LogP contribution in [0.2, 0.25) is 0 Å². The van der Waals surface area contributed by atoms with Crippen LogP contribution >= 0.6 is 0 Å². The van der Waals surface area contributed by atoms with Crippen molar-refractivity contribution in [2.75, 3.05) is 26.8 Å². The summed E-state index contributed by atoms with van der Waals surface area (Å²) in [6.45, 7) is 2.91. The second-order valence-corrected chi connectivity index (χ2v) is 5.23. The van der Waals surface area contributed by atoms with E-state index in [9.17, 15) is 4.79 Å². The smallest absolute Gasteiger partial charge is 0.323 e. The molecule has 0 amide bonds. The molecule has 0 aliphatic carbocycles. The summed E-state index contributed by atoms with van der Waals surface area (Å²) in [4.78, 5) is 13.8. The third-order valence-corrected chi connectivity index (χ3v) is 3.88. The minimum Gasteiger partial charge on any atom is -0.493 e. The van der Waals surface area contributed by atoms with Crippen molar-refractivity contribution in [2.24, 2.45) is 5.73 Å². The van der Waals surface area contributed by atoms with Gasteiger partial charge in [-0.2, -0.15) is 0 Å². The molecule has 21 heavy (non-hydrogen) atoms. The third kappa shape index (κ3) is 4.19. The summed E-state index contributed by atoms with van der Waals surface area (Å²) in [7, 11) is 1.45. The lowest BCUT2D eigenvalue weighted by Crippen LogP contribution is -2.37. The number of benzene rings is 1. The molecule has 1 aliphatic heterocycles. The number of nitrogens with zero attached hydrogens (tertiary/aromatic N) is 1. The number of carbonyl (C=O) groups excluding carboxylic acids is 1. The maximum atomic E-state index is 11.7. The Hall–Kier alpha value is -1.59. The summed E-state index contributed by atoms with van der Waals surface area (Å²) in [6, 6.07) is 7.74. The Kier molecular flexibility index (Phi) is 6.02. The van der Waals surface area contributed by atoms with Gasteiger partial charge in [-0.25, -0.2) is 0 Å². The van der Waals surface area contributed by atoms with Crippen LogP contribution in [0.1, 0.15) is 24.8 Å². The van der Waals surface area contributed by atoms with Crippen molar-refractivity contribution in [3.05, 3.63) is 29.8 Å². The summed E-state index contributed by atoms with van der Waals surface area (Å²) < 4.78 is 10.6. The first-order valence-electron chi connectivity index (χ1n) is 7.49. The van der Waals surface area contributed by atoms with Crippen molar-refractivity contribution in [1.82, 2.24) is 4.90 Å². The fourth-order valence-electron chi connectivity index (χ4n) is 2.76. The second-order valence-electron chi connectivity index (χ2n) is 5.23. The average Bonchev–Trinajstić information content (AvgIpc) is 2.99. The van der Waals surface area contributed by atoms with Crippen LogP contribution in [0.15, 0.2) is 24.3 Å². The molecule has 1 fully saturated rings. The topological polar surface area (TPSA) is 64.8 Å².